The summed E-state index contributed by atoms with van der Waals surface area (Å²) in [5.41, 5.74) is 2.41. The second kappa shape index (κ2) is 10.6. The van der Waals surface area contributed by atoms with E-state index < -0.39 is 0 Å². The van der Waals surface area contributed by atoms with E-state index in [-0.39, 0.29) is 0 Å². The van der Waals surface area contributed by atoms with Gasteiger partial charge in [0.1, 0.15) is 0 Å². The minimum Gasteiger partial charge on any atom is -0.302 e. The first kappa shape index (κ1) is 22.2. The average Bonchev–Trinajstić information content (AvgIpc) is 2.82. The van der Waals surface area contributed by atoms with Crippen LogP contribution in [0.15, 0.2) is 23.8 Å². The normalized spacial score (nSPS) is 43.5. The third-order valence-electron chi connectivity index (χ3n) is 9.65. The van der Waals surface area contributed by atoms with Gasteiger partial charge in [0, 0.05) is 25.7 Å². The van der Waals surface area contributed by atoms with Crippen molar-refractivity contribution in [2.45, 2.75) is 109 Å². The lowest BCUT2D eigenvalue weighted by atomic mass is 9.54. The van der Waals surface area contributed by atoms with E-state index in [1.807, 2.05) is 5.57 Å². The molecule has 2 nitrogen and oxygen atoms in total. The molecular formula is C29H48N2. The number of hydrogen-bond donors (Lipinski definition) is 0. The molecular weight excluding hydrogens is 376 g/mol. The van der Waals surface area contributed by atoms with Gasteiger partial charge in [0.25, 0.3) is 0 Å². The maximum atomic E-state index is 3.00. The molecule has 4 heterocycles. The van der Waals surface area contributed by atoms with Crippen molar-refractivity contribution in [1.29, 1.82) is 0 Å². The SMILES string of the molecule is C1=C\CCCCN2C[C@]34CCCCCCCCCCCN(C[C@H]5C/C(=C\C/1)[C@@H]2C[C@H]53)C4. The number of fused-ring (bicyclic) bond motifs is 1. The fourth-order valence-corrected chi connectivity index (χ4v) is 8.16. The first-order chi connectivity index (χ1) is 15.3. The molecule has 0 N–H and O–H groups in total. The Morgan fingerprint density at radius 2 is 1.55 bits per heavy atom. The second-order valence-electron chi connectivity index (χ2n) is 11.8. The Balaban J connectivity index is 1.40. The zero-order chi connectivity index (χ0) is 20.9. The minimum atomic E-state index is 0.591. The standard InChI is InChI=1S/C29H48N2/c1-2-5-9-13-17-29-23-30(18-14-10-6-3-1)22-26-20-25-16-12-8-4-7-11-15-19-31(24-29)28(25)21-27(26)29/h4,8,16,26-28H,1-3,5-7,9-15,17-24H2/b8-4-,25-16+/t26-,27-,28+,29-/m1/s1. The maximum Gasteiger partial charge on any atom is 0.0310 e. The Morgan fingerprint density at radius 1 is 0.774 bits per heavy atom. The van der Waals surface area contributed by atoms with E-state index in [9.17, 15) is 0 Å². The van der Waals surface area contributed by atoms with Gasteiger partial charge in [-0.1, -0.05) is 75.2 Å². The summed E-state index contributed by atoms with van der Waals surface area (Å²) in [7, 11) is 0. The molecule has 1 aliphatic carbocycles. The van der Waals surface area contributed by atoms with E-state index in [1.165, 1.54) is 135 Å². The molecule has 0 radical (unpaired) electrons. The number of hydrogen-bond acceptors (Lipinski definition) is 2. The quantitative estimate of drug-likeness (QED) is 0.387. The molecule has 4 aliphatic heterocycles. The van der Waals surface area contributed by atoms with Gasteiger partial charge < -0.3 is 4.90 Å². The predicted octanol–water partition coefficient (Wildman–Crippen LogP) is 6.97. The summed E-state index contributed by atoms with van der Waals surface area (Å²) in [5, 5.41) is 0. The molecule has 4 fully saturated rings. The summed E-state index contributed by atoms with van der Waals surface area (Å²) < 4.78 is 0. The van der Waals surface area contributed by atoms with E-state index in [4.69, 9.17) is 0 Å². The van der Waals surface area contributed by atoms with Gasteiger partial charge in [-0.2, -0.15) is 0 Å². The van der Waals surface area contributed by atoms with Crippen LogP contribution in [0.25, 0.3) is 0 Å². The van der Waals surface area contributed by atoms with Gasteiger partial charge in [-0.25, -0.2) is 0 Å². The van der Waals surface area contributed by atoms with Crippen LogP contribution >= 0.6 is 0 Å². The van der Waals surface area contributed by atoms with Gasteiger partial charge in [0.05, 0.1) is 0 Å². The molecule has 0 amide bonds. The number of allylic oxidation sites excluding steroid dienone is 3. The van der Waals surface area contributed by atoms with Gasteiger partial charge in [-0.05, 0) is 81.7 Å². The van der Waals surface area contributed by atoms with Crippen molar-refractivity contribution in [1.82, 2.24) is 9.80 Å². The summed E-state index contributed by atoms with van der Waals surface area (Å²) in [6, 6.07) is 0.776. The van der Waals surface area contributed by atoms with Crippen LogP contribution in [0.5, 0.6) is 0 Å². The minimum absolute atomic E-state index is 0.591. The van der Waals surface area contributed by atoms with Gasteiger partial charge in [-0.3, -0.25) is 4.90 Å². The van der Waals surface area contributed by atoms with Crippen molar-refractivity contribution in [2.75, 3.05) is 32.7 Å². The summed E-state index contributed by atoms with van der Waals surface area (Å²) in [4.78, 5) is 5.95. The zero-order valence-corrected chi connectivity index (χ0v) is 20.2. The van der Waals surface area contributed by atoms with Gasteiger partial charge >= 0.3 is 0 Å². The number of piperidine rings is 2. The molecule has 4 bridgehead atoms. The van der Waals surface area contributed by atoms with E-state index in [0.29, 0.717) is 5.41 Å². The van der Waals surface area contributed by atoms with Crippen LogP contribution in [-0.4, -0.2) is 48.6 Å². The first-order valence-corrected chi connectivity index (χ1v) is 14.1. The van der Waals surface area contributed by atoms with Crippen molar-refractivity contribution >= 4 is 0 Å². The molecule has 5 aliphatic rings. The Hall–Kier alpha value is -0.600. The number of rotatable bonds is 0. The third-order valence-corrected chi connectivity index (χ3v) is 9.65. The lowest BCUT2D eigenvalue weighted by Crippen LogP contribution is -2.66. The molecule has 5 rings (SSSR count). The van der Waals surface area contributed by atoms with Crippen LogP contribution in [0, 0.1) is 17.3 Å². The van der Waals surface area contributed by atoms with Crippen molar-refractivity contribution in [3.63, 3.8) is 0 Å². The Kier molecular flexibility index (Phi) is 7.56. The highest BCUT2D eigenvalue weighted by Crippen LogP contribution is 2.55. The fourth-order valence-electron chi connectivity index (χ4n) is 8.16. The Labute approximate surface area is 192 Å². The van der Waals surface area contributed by atoms with E-state index in [2.05, 4.69) is 28.0 Å². The van der Waals surface area contributed by atoms with Crippen LogP contribution in [-0.2, 0) is 0 Å². The molecule has 0 aromatic rings. The lowest BCUT2D eigenvalue weighted by molar-refractivity contribution is -0.109. The van der Waals surface area contributed by atoms with E-state index in [1.54, 1.807) is 0 Å². The molecule has 1 spiro atoms. The van der Waals surface area contributed by atoms with Gasteiger partial charge in [0.2, 0.25) is 0 Å². The van der Waals surface area contributed by atoms with Gasteiger partial charge in [0.15, 0.2) is 0 Å². The molecule has 3 saturated heterocycles. The van der Waals surface area contributed by atoms with Gasteiger partial charge in [-0.15, -0.1) is 0 Å². The molecule has 174 valence electrons. The topological polar surface area (TPSA) is 6.48 Å². The highest BCUT2D eigenvalue weighted by Gasteiger charge is 2.55. The average molecular weight is 425 g/mol. The highest BCUT2D eigenvalue weighted by molar-refractivity contribution is 5.23. The molecule has 1 unspecified atom stereocenters. The molecule has 31 heavy (non-hydrogen) atoms. The zero-order valence-electron chi connectivity index (χ0n) is 20.2. The van der Waals surface area contributed by atoms with Crippen molar-refractivity contribution in [3.8, 4) is 0 Å². The van der Waals surface area contributed by atoms with Crippen LogP contribution in [0.3, 0.4) is 0 Å². The van der Waals surface area contributed by atoms with Crippen LogP contribution in [0.4, 0.5) is 0 Å². The monoisotopic (exact) mass is 424 g/mol. The molecule has 2 heteroatoms. The Morgan fingerprint density at radius 3 is 2.42 bits per heavy atom. The van der Waals surface area contributed by atoms with Crippen molar-refractivity contribution in [2.24, 2.45) is 17.3 Å². The largest absolute Gasteiger partial charge is 0.302 e. The summed E-state index contributed by atoms with van der Waals surface area (Å²) in [5.74, 6) is 1.93. The Bertz CT molecular complexity index is 637. The maximum absolute atomic E-state index is 3.00. The predicted molar refractivity (Wildman–Crippen MR) is 132 cm³/mol. The van der Waals surface area contributed by atoms with Crippen LogP contribution in [0.1, 0.15) is 103 Å². The van der Waals surface area contributed by atoms with E-state index in [0.717, 1.165) is 17.9 Å². The second-order valence-corrected chi connectivity index (χ2v) is 11.8. The number of nitrogens with zero attached hydrogens (tertiary/aromatic N) is 2. The lowest BCUT2D eigenvalue weighted by Gasteiger charge is -2.62. The molecule has 5 atom stereocenters. The smallest absolute Gasteiger partial charge is 0.0310 e. The first-order valence-electron chi connectivity index (χ1n) is 14.1. The fraction of sp³-hybridized carbons (Fsp3) is 0.862. The van der Waals surface area contributed by atoms with Crippen LogP contribution in [0.2, 0.25) is 0 Å². The summed E-state index contributed by atoms with van der Waals surface area (Å²) in [6.07, 6.45) is 30.4. The van der Waals surface area contributed by atoms with E-state index >= 15 is 0 Å². The summed E-state index contributed by atoms with van der Waals surface area (Å²) >= 11 is 0. The van der Waals surface area contributed by atoms with Crippen molar-refractivity contribution < 1.29 is 0 Å². The highest BCUT2D eigenvalue weighted by atomic mass is 15.2. The third kappa shape index (κ3) is 5.16. The molecule has 0 aromatic carbocycles. The molecule has 0 aromatic heterocycles. The molecule has 1 saturated carbocycles. The summed E-state index contributed by atoms with van der Waals surface area (Å²) in [6.45, 7) is 6.93. The van der Waals surface area contributed by atoms with Crippen molar-refractivity contribution in [3.05, 3.63) is 23.8 Å². The van der Waals surface area contributed by atoms with Crippen LogP contribution < -0.4 is 0 Å².